The number of aromatic nitrogens is 1. The van der Waals surface area contributed by atoms with Gasteiger partial charge < -0.3 is 10.2 Å². The number of hydrogen-bond donors (Lipinski definition) is 1. The molecule has 0 atom stereocenters. The number of rotatable bonds is 0. The van der Waals surface area contributed by atoms with Gasteiger partial charge in [-0.1, -0.05) is 37.5 Å². The first-order chi connectivity index (χ1) is 10.3. The van der Waals surface area contributed by atoms with Crippen LogP contribution in [0.4, 0.5) is 11.4 Å². The lowest BCUT2D eigenvalue weighted by Gasteiger charge is -2.45. The molecule has 4 rings (SSSR count). The molecular weight excluding hydrogens is 258 g/mol. The van der Waals surface area contributed by atoms with Gasteiger partial charge in [0.05, 0.1) is 23.1 Å². The molecule has 1 aliphatic heterocycles. The standard InChI is InChI=1S/C18H23N3/c1-21-17-14-7-3-4-8-15(14)20-13-16(17)19-12-11-18(21)9-5-2-6-10-18/h3-4,7-8,13,19H,2,5-6,9-12H2,1H3. The van der Waals surface area contributed by atoms with Gasteiger partial charge in [0.2, 0.25) is 0 Å². The molecule has 1 aromatic heterocycles. The molecule has 1 N–H and O–H groups in total. The molecule has 0 radical (unpaired) electrons. The number of nitrogens with one attached hydrogen (secondary N) is 1. The van der Waals surface area contributed by atoms with Crippen molar-refractivity contribution in [2.45, 2.75) is 44.1 Å². The molecule has 0 amide bonds. The Balaban J connectivity index is 1.90. The van der Waals surface area contributed by atoms with Crippen LogP contribution >= 0.6 is 0 Å². The molecule has 1 fully saturated rings. The van der Waals surface area contributed by atoms with Crippen molar-refractivity contribution in [2.24, 2.45) is 0 Å². The summed E-state index contributed by atoms with van der Waals surface area (Å²) >= 11 is 0. The van der Waals surface area contributed by atoms with Crippen molar-refractivity contribution in [3.63, 3.8) is 0 Å². The van der Waals surface area contributed by atoms with E-state index in [1.54, 1.807) is 0 Å². The molecule has 0 saturated heterocycles. The van der Waals surface area contributed by atoms with Crippen LogP contribution in [-0.2, 0) is 0 Å². The predicted octanol–water partition coefficient (Wildman–Crippen LogP) is 4.19. The monoisotopic (exact) mass is 281 g/mol. The third-order valence-corrected chi connectivity index (χ3v) is 5.48. The molecule has 1 aliphatic carbocycles. The molecule has 3 heteroatoms. The Hall–Kier alpha value is -1.77. The summed E-state index contributed by atoms with van der Waals surface area (Å²) in [7, 11) is 2.30. The van der Waals surface area contributed by atoms with Gasteiger partial charge in [-0.25, -0.2) is 0 Å². The predicted molar refractivity (Wildman–Crippen MR) is 89.1 cm³/mol. The van der Waals surface area contributed by atoms with Gasteiger partial charge in [0, 0.05) is 24.5 Å². The maximum Gasteiger partial charge on any atom is 0.0771 e. The third-order valence-electron chi connectivity index (χ3n) is 5.48. The van der Waals surface area contributed by atoms with E-state index in [-0.39, 0.29) is 0 Å². The summed E-state index contributed by atoms with van der Waals surface area (Å²) < 4.78 is 0. The molecule has 21 heavy (non-hydrogen) atoms. The van der Waals surface area contributed by atoms with E-state index in [2.05, 4.69) is 46.5 Å². The number of pyridine rings is 1. The average molecular weight is 281 g/mol. The van der Waals surface area contributed by atoms with Gasteiger partial charge in [-0.15, -0.1) is 0 Å². The van der Waals surface area contributed by atoms with Gasteiger partial charge >= 0.3 is 0 Å². The van der Waals surface area contributed by atoms with Gasteiger partial charge in [0.15, 0.2) is 0 Å². The van der Waals surface area contributed by atoms with E-state index < -0.39 is 0 Å². The number of benzene rings is 1. The Morgan fingerprint density at radius 1 is 1.10 bits per heavy atom. The van der Waals surface area contributed by atoms with Crippen LogP contribution in [0.25, 0.3) is 10.9 Å². The second-order valence-electron chi connectivity index (χ2n) is 6.56. The Morgan fingerprint density at radius 3 is 2.76 bits per heavy atom. The molecule has 2 heterocycles. The largest absolute Gasteiger partial charge is 0.382 e. The van der Waals surface area contributed by atoms with Crippen molar-refractivity contribution < 1.29 is 0 Å². The summed E-state index contributed by atoms with van der Waals surface area (Å²) in [6, 6.07) is 8.52. The fourth-order valence-electron chi connectivity index (χ4n) is 4.25. The van der Waals surface area contributed by atoms with Crippen LogP contribution in [0.2, 0.25) is 0 Å². The first kappa shape index (κ1) is 12.9. The van der Waals surface area contributed by atoms with E-state index in [9.17, 15) is 0 Å². The first-order valence-electron chi connectivity index (χ1n) is 8.16. The lowest BCUT2D eigenvalue weighted by molar-refractivity contribution is 0.275. The molecule has 2 aromatic rings. The smallest absolute Gasteiger partial charge is 0.0771 e. The van der Waals surface area contributed by atoms with E-state index in [0.717, 1.165) is 12.1 Å². The first-order valence-corrected chi connectivity index (χ1v) is 8.16. The number of nitrogens with zero attached hydrogens (tertiary/aromatic N) is 2. The molecule has 110 valence electrons. The number of para-hydroxylation sites is 1. The van der Waals surface area contributed by atoms with Crippen LogP contribution in [0.5, 0.6) is 0 Å². The summed E-state index contributed by atoms with van der Waals surface area (Å²) in [4.78, 5) is 7.19. The van der Waals surface area contributed by atoms with E-state index in [1.165, 1.54) is 55.3 Å². The molecule has 1 aromatic carbocycles. The highest BCUT2D eigenvalue weighted by atomic mass is 15.2. The molecule has 0 bridgehead atoms. The minimum absolute atomic E-state index is 0.334. The third kappa shape index (κ3) is 1.98. The van der Waals surface area contributed by atoms with Crippen molar-refractivity contribution >= 4 is 22.3 Å². The minimum atomic E-state index is 0.334. The zero-order valence-corrected chi connectivity index (χ0v) is 12.7. The van der Waals surface area contributed by atoms with E-state index in [1.807, 2.05) is 6.20 Å². The van der Waals surface area contributed by atoms with Gasteiger partial charge in [0.1, 0.15) is 0 Å². The van der Waals surface area contributed by atoms with Crippen molar-refractivity contribution in [3.05, 3.63) is 30.5 Å². The van der Waals surface area contributed by atoms with Crippen LogP contribution in [0.15, 0.2) is 30.5 Å². The number of fused-ring (bicyclic) bond motifs is 3. The van der Waals surface area contributed by atoms with Crippen molar-refractivity contribution in [3.8, 4) is 0 Å². The van der Waals surface area contributed by atoms with Gasteiger partial charge in [0.25, 0.3) is 0 Å². The molecular formula is C18H23N3. The highest BCUT2D eigenvalue weighted by Crippen LogP contribution is 2.45. The highest BCUT2D eigenvalue weighted by molar-refractivity contribution is 5.98. The van der Waals surface area contributed by atoms with Crippen LogP contribution < -0.4 is 10.2 Å². The number of hydrogen-bond acceptors (Lipinski definition) is 3. The van der Waals surface area contributed by atoms with Crippen LogP contribution in [0.3, 0.4) is 0 Å². The Kier molecular flexibility index (Phi) is 3.02. The summed E-state index contributed by atoms with van der Waals surface area (Å²) in [5.74, 6) is 0. The van der Waals surface area contributed by atoms with Crippen LogP contribution in [-0.4, -0.2) is 24.1 Å². The summed E-state index contributed by atoms with van der Waals surface area (Å²) in [5, 5.41) is 4.89. The lowest BCUT2D eigenvalue weighted by Crippen LogP contribution is -2.48. The average Bonchev–Trinajstić information content (AvgIpc) is 2.67. The molecule has 3 nitrogen and oxygen atoms in total. The van der Waals surface area contributed by atoms with Crippen LogP contribution in [0.1, 0.15) is 38.5 Å². The second kappa shape index (κ2) is 4.90. The molecule has 0 unspecified atom stereocenters. The van der Waals surface area contributed by atoms with Gasteiger partial charge in [-0.2, -0.15) is 0 Å². The fraction of sp³-hybridized carbons (Fsp3) is 0.500. The summed E-state index contributed by atoms with van der Waals surface area (Å²) in [5.41, 5.74) is 3.97. The van der Waals surface area contributed by atoms with E-state index in [4.69, 9.17) is 0 Å². The van der Waals surface area contributed by atoms with Crippen molar-refractivity contribution in [1.82, 2.24) is 4.98 Å². The van der Waals surface area contributed by atoms with Gasteiger partial charge in [-0.3, -0.25) is 4.98 Å². The zero-order valence-electron chi connectivity index (χ0n) is 12.7. The Morgan fingerprint density at radius 2 is 1.90 bits per heavy atom. The van der Waals surface area contributed by atoms with Crippen molar-refractivity contribution in [1.29, 1.82) is 0 Å². The van der Waals surface area contributed by atoms with Gasteiger partial charge in [-0.05, 0) is 25.3 Å². The Bertz CT molecular complexity index is 659. The maximum absolute atomic E-state index is 4.61. The molecule has 1 spiro atoms. The summed E-state index contributed by atoms with van der Waals surface area (Å²) in [6.45, 7) is 1.05. The highest BCUT2D eigenvalue weighted by Gasteiger charge is 2.38. The Labute approximate surface area is 126 Å². The number of anilines is 2. The van der Waals surface area contributed by atoms with E-state index in [0.29, 0.717) is 5.54 Å². The normalized spacial score (nSPS) is 20.9. The second-order valence-corrected chi connectivity index (χ2v) is 6.56. The SMILES string of the molecule is CN1c2c(cnc3ccccc23)NCCC12CCCCC2. The minimum Gasteiger partial charge on any atom is -0.382 e. The van der Waals surface area contributed by atoms with E-state index >= 15 is 0 Å². The molecule has 2 aliphatic rings. The quantitative estimate of drug-likeness (QED) is 0.785. The van der Waals surface area contributed by atoms with Crippen LogP contribution in [0, 0.1) is 0 Å². The maximum atomic E-state index is 4.61. The lowest BCUT2D eigenvalue weighted by atomic mass is 9.78. The van der Waals surface area contributed by atoms with Crippen molar-refractivity contribution in [2.75, 3.05) is 23.8 Å². The fourth-order valence-corrected chi connectivity index (χ4v) is 4.25. The molecule has 1 saturated carbocycles. The zero-order chi connectivity index (χ0) is 14.3. The summed E-state index contributed by atoms with van der Waals surface area (Å²) in [6.07, 6.45) is 10.0. The topological polar surface area (TPSA) is 28.2 Å².